The van der Waals surface area contributed by atoms with Gasteiger partial charge in [-0.25, -0.2) is 9.78 Å². The number of carbonyl (C=O) groups excluding carboxylic acids is 1. The third kappa shape index (κ3) is 5.09. The SMILES string of the molecule is Cc1cccc(NC(=O)N2CCN(c3nn4c(NC(C)(C)C)c(-c5ccccc5)nc4s3)CC2)c1. The van der Waals surface area contributed by atoms with Crippen LogP contribution in [-0.4, -0.2) is 57.2 Å². The normalized spacial score (nSPS) is 14.4. The van der Waals surface area contributed by atoms with Gasteiger partial charge < -0.3 is 20.4 Å². The minimum atomic E-state index is -0.139. The van der Waals surface area contributed by atoms with E-state index < -0.39 is 0 Å². The minimum Gasteiger partial charge on any atom is -0.364 e. The number of benzene rings is 2. The van der Waals surface area contributed by atoms with Crippen molar-refractivity contribution in [1.29, 1.82) is 0 Å². The lowest BCUT2D eigenvalue weighted by Gasteiger charge is -2.34. The number of nitrogens with zero attached hydrogens (tertiary/aromatic N) is 5. The molecule has 2 aromatic carbocycles. The molecule has 3 heterocycles. The van der Waals surface area contributed by atoms with E-state index in [1.54, 1.807) is 11.3 Å². The summed E-state index contributed by atoms with van der Waals surface area (Å²) in [6.07, 6.45) is 0. The number of hydrogen-bond donors (Lipinski definition) is 2. The topological polar surface area (TPSA) is 77.8 Å². The molecule has 1 aliphatic rings. The maximum atomic E-state index is 12.7. The molecule has 5 rings (SSSR count). The Labute approximate surface area is 209 Å². The molecule has 0 saturated carbocycles. The quantitative estimate of drug-likeness (QED) is 0.405. The summed E-state index contributed by atoms with van der Waals surface area (Å²) in [4.78, 5) is 22.6. The Kier molecular flexibility index (Phi) is 6.10. The van der Waals surface area contributed by atoms with Crippen molar-refractivity contribution < 1.29 is 4.79 Å². The number of aromatic nitrogens is 3. The van der Waals surface area contributed by atoms with E-state index in [1.807, 2.05) is 58.8 Å². The average Bonchev–Trinajstić information content (AvgIpc) is 3.38. The molecule has 0 atom stereocenters. The molecule has 182 valence electrons. The van der Waals surface area contributed by atoms with E-state index in [1.165, 1.54) is 0 Å². The van der Waals surface area contributed by atoms with Crippen LogP contribution >= 0.6 is 11.3 Å². The highest BCUT2D eigenvalue weighted by Gasteiger charge is 2.26. The molecule has 2 N–H and O–H groups in total. The first-order chi connectivity index (χ1) is 16.8. The van der Waals surface area contributed by atoms with Crippen LogP contribution in [-0.2, 0) is 0 Å². The third-order valence-corrected chi connectivity index (χ3v) is 6.81. The van der Waals surface area contributed by atoms with E-state index in [-0.39, 0.29) is 11.6 Å². The molecule has 8 nitrogen and oxygen atoms in total. The highest BCUT2D eigenvalue weighted by Crippen LogP contribution is 2.35. The molecule has 1 saturated heterocycles. The van der Waals surface area contributed by atoms with Crippen molar-refractivity contribution in [2.45, 2.75) is 33.2 Å². The number of aryl methyl sites for hydroxylation is 1. The molecule has 35 heavy (non-hydrogen) atoms. The number of piperazine rings is 1. The van der Waals surface area contributed by atoms with Crippen molar-refractivity contribution in [2.75, 3.05) is 41.7 Å². The van der Waals surface area contributed by atoms with Gasteiger partial charge in [0, 0.05) is 43.0 Å². The summed E-state index contributed by atoms with van der Waals surface area (Å²) in [6.45, 7) is 11.2. The number of nitrogens with one attached hydrogen (secondary N) is 2. The first-order valence-electron chi connectivity index (χ1n) is 11.9. The van der Waals surface area contributed by atoms with Crippen LogP contribution in [0.5, 0.6) is 0 Å². The highest BCUT2D eigenvalue weighted by atomic mass is 32.1. The number of hydrogen-bond acceptors (Lipinski definition) is 6. The molecule has 9 heteroatoms. The van der Waals surface area contributed by atoms with Crippen LogP contribution in [0.1, 0.15) is 26.3 Å². The van der Waals surface area contributed by atoms with Gasteiger partial charge in [0.05, 0.1) is 0 Å². The maximum Gasteiger partial charge on any atom is 0.321 e. The fourth-order valence-electron chi connectivity index (χ4n) is 4.16. The molecule has 4 aromatic rings. The Morgan fingerprint density at radius 2 is 1.74 bits per heavy atom. The molecule has 2 aromatic heterocycles. The smallest absolute Gasteiger partial charge is 0.321 e. The van der Waals surface area contributed by atoms with Gasteiger partial charge in [-0.05, 0) is 45.4 Å². The van der Waals surface area contributed by atoms with E-state index in [9.17, 15) is 4.79 Å². The van der Waals surface area contributed by atoms with Crippen molar-refractivity contribution in [1.82, 2.24) is 19.5 Å². The third-order valence-electron chi connectivity index (χ3n) is 5.84. The van der Waals surface area contributed by atoms with Crippen molar-refractivity contribution >= 4 is 39.0 Å². The van der Waals surface area contributed by atoms with Gasteiger partial charge >= 0.3 is 6.03 Å². The van der Waals surface area contributed by atoms with E-state index in [2.05, 4.69) is 48.4 Å². The summed E-state index contributed by atoms with van der Waals surface area (Å²) < 4.78 is 1.92. The second kappa shape index (κ2) is 9.22. The molecule has 1 fully saturated rings. The summed E-state index contributed by atoms with van der Waals surface area (Å²) in [7, 11) is 0. The van der Waals surface area contributed by atoms with Crippen LogP contribution in [0.2, 0.25) is 0 Å². The molecule has 0 unspecified atom stereocenters. The number of amides is 2. The Bertz CT molecular complexity index is 1330. The second-order valence-corrected chi connectivity index (χ2v) is 10.8. The summed E-state index contributed by atoms with van der Waals surface area (Å²) in [5.74, 6) is 0.900. The first-order valence-corrected chi connectivity index (χ1v) is 12.7. The molecule has 0 radical (unpaired) electrons. The Hall–Kier alpha value is -3.59. The molecular formula is C26H31N7OS. The number of urea groups is 1. The Morgan fingerprint density at radius 3 is 2.43 bits per heavy atom. The monoisotopic (exact) mass is 489 g/mol. The molecule has 0 aliphatic carbocycles. The fraction of sp³-hybridized carbons (Fsp3) is 0.346. The predicted molar refractivity (Wildman–Crippen MR) is 144 cm³/mol. The number of fused-ring (bicyclic) bond motifs is 1. The van der Waals surface area contributed by atoms with Crippen LogP contribution in [0.25, 0.3) is 16.2 Å². The van der Waals surface area contributed by atoms with Crippen LogP contribution < -0.4 is 15.5 Å². The van der Waals surface area contributed by atoms with Crippen molar-refractivity contribution in [2.24, 2.45) is 0 Å². The Morgan fingerprint density at radius 1 is 1.00 bits per heavy atom. The number of imidazole rings is 1. The van der Waals surface area contributed by atoms with Crippen LogP contribution in [0.15, 0.2) is 54.6 Å². The lowest BCUT2D eigenvalue weighted by Crippen LogP contribution is -2.50. The average molecular weight is 490 g/mol. The standard InChI is InChI=1S/C26H31N7OS/c1-18-9-8-12-20(17-18)27-23(34)31-13-15-32(16-14-31)25-30-33-22(29-26(2,3)4)21(28-24(33)35-25)19-10-6-5-7-11-19/h5-12,17,29H,13-16H2,1-4H3,(H,27,34). The van der Waals surface area contributed by atoms with Crippen molar-refractivity contribution in [3.63, 3.8) is 0 Å². The minimum absolute atomic E-state index is 0.0617. The first kappa shape index (κ1) is 23.2. The van der Waals surface area contributed by atoms with Gasteiger partial charge in [-0.1, -0.05) is 53.8 Å². The lowest BCUT2D eigenvalue weighted by atomic mass is 10.1. The van der Waals surface area contributed by atoms with Crippen molar-refractivity contribution in [3.8, 4) is 11.3 Å². The number of rotatable bonds is 4. The summed E-state index contributed by atoms with van der Waals surface area (Å²) >= 11 is 1.58. The van der Waals surface area contributed by atoms with E-state index in [0.29, 0.717) is 13.1 Å². The van der Waals surface area contributed by atoms with Gasteiger partial charge in [0.1, 0.15) is 5.69 Å². The summed E-state index contributed by atoms with van der Waals surface area (Å²) in [6, 6.07) is 18.0. The molecule has 1 aliphatic heterocycles. The van der Waals surface area contributed by atoms with Gasteiger partial charge in [-0.2, -0.15) is 4.52 Å². The fourth-order valence-corrected chi connectivity index (χ4v) is 5.11. The Balaban J connectivity index is 1.32. The van der Waals surface area contributed by atoms with Crippen molar-refractivity contribution in [3.05, 3.63) is 60.2 Å². The zero-order chi connectivity index (χ0) is 24.6. The van der Waals surface area contributed by atoms with E-state index in [0.717, 1.165) is 51.5 Å². The summed E-state index contributed by atoms with van der Waals surface area (Å²) in [5.41, 5.74) is 3.78. The van der Waals surface area contributed by atoms with Crippen LogP contribution in [0, 0.1) is 6.92 Å². The molecule has 0 bridgehead atoms. The number of anilines is 3. The van der Waals surface area contributed by atoms with Gasteiger partial charge in [-0.3, -0.25) is 0 Å². The van der Waals surface area contributed by atoms with Gasteiger partial charge in [0.2, 0.25) is 10.1 Å². The summed E-state index contributed by atoms with van der Waals surface area (Å²) in [5, 5.41) is 12.5. The van der Waals surface area contributed by atoms with E-state index >= 15 is 0 Å². The number of carbonyl (C=O) groups is 1. The van der Waals surface area contributed by atoms with Gasteiger partial charge in [0.25, 0.3) is 0 Å². The highest BCUT2D eigenvalue weighted by molar-refractivity contribution is 7.20. The predicted octanol–water partition coefficient (Wildman–Crippen LogP) is 5.33. The molecule has 0 spiro atoms. The lowest BCUT2D eigenvalue weighted by molar-refractivity contribution is 0.208. The van der Waals surface area contributed by atoms with E-state index in [4.69, 9.17) is 10.1 Å². The van der Waals surface area contributed by atoms with Crippen LogP contribution in [0.3, 0.4) is 0 Å². The largest absolute Gasteiger partial charge is 0.364 e. The molecule has 2 amide bonds. The van der Waals surface area contributed by atoms with Gasteiger partial charge in [0.15, 0.2) is 5.82 Å². The maximum absolute atomic E-state index is 12.7. The van der Waals surface area contributed by atoms with Crippen LogP contribution in [0.4, 0.5) is 21.4 Å². The molecular weight excluding hydrogens is 458 g/mol. The van der Waals surface area contributed by atoms with Gasteiger partial charge in [-0.15, -0.1) is 5.10 Å². The second-order valence-electron chi connectivity index (χ2n) is 9.90. The zero-order valence-electron chi connectivity index (χ0n) is 20.6. The zero-order valence-corrected chi connectivity index (χ0v) is 21.4.